The maximum atomic E-state index is 13.1. The predicted molar refractivity (Wildman–Crippen MR) is 119 cm³/mol. The second-order valence-corrected chi connectivity index (χ2v) is 7.93. The second kappa shape index (κ2) is 9.08. The first-order valence-electron chi connectivity index (χ1n) is 9.19. The molecule has 0 saturated heterocycles. The maximum absolute atomic E-state index is 13.1. The Balaban J connectivity index is 1.59. The van der Waals surface area contributed by atoms with Crippen LogP contribution in [0.4, 0.5) is 5.69 Å². The summed E-state index contributed by atoms with van der Waals surface area (Å²) < 4.78 is 6.86. The number of nitriles is 1. The van der Waals surface area contributed by atoms with Crippen LogP contribution in [0, 0.1) is 11.3 Å². The number of halogens is 1. The zero-order valence-electron chi connectivity index (χ0n) is 16.0. The maximum Gasteiger partial charge on any atom is 0.262 e. The van der Waals surface area contributed by atoms with Crippen molar-refractivity contribution in [3.05, 3.63) is 87.6 Å². The second-order valence-electron chi connectivity index (χ2n) is 6.55. The van der Waals surface area contributed by atoms with Crippen molar-refractivity contribution in [1.82, 2.24) is 9.55 Å². The summed E-state index contributed by atoms with van der Waals surface area (Å²) in [5.74, 6) is 0.372. The predicted octanol–water partition coefficient (Wildman–Crippen LogP) is 4.29. The van der Waals surface area contributed by atoms with E-state index in [1.54, 1.807) is 54.6 Å². The third-order valence-electron chi connectivity index (χ3n) is 4.41. The normalized spacial score (nSPS) is 10.7. The zero-order chi connectivity index (χ0) is 21.8. The molecular formula is C22H15ClN4O3S. The summed E-state index contributed by atoms with van der Waals surface area (Å²) in [5, 5.41) is 12.9. The minimum absolute atomic E-state index is 0.0384. The van der Waals surface area contributed by atoms with Crippen LogP contribution in [-0.2, 0) is 11.3 Å². The smallest absolute Gasteiger partial charge is 0.262 e. The topological polar surface area (TPSA) is 101 Å². The molecule has 154 valence electrons. The Bertz CT molecular complexity index is 1340. The van der Waals surface area contributed by atoms with Gasteiger partial charge in [-0.3, -0.25) is 14.2 Å². The number of aromatic nitrogens is 2. The minimum Gasteiger partial charge on any atom is -0.467 e. The number of amides is 1. The summed E-state index contributed by atoms with van der Waals surface area (Å²) in [5.41, 5.74) is 1.31. The number of thioether (sulfide) groups is 1. The molecule has 0 aliphatic heterocycles. The van der Waals surface area contributed by atoms with E-state index in [1.165, 1.54) is 10.8 Å². The van der Waals surface area contributed by atoms with Gasteiger partial charge in [-0.15, -0.1) is 0 Å². The first-order valence-corrected chi connectivity index (χ1v) is 10.5. The molecule has 7 nitrogen and oxygen atoms in total. The number of carbonyl (C=O) groups is 1. The van der Waals surface area contributed by atoms with Crippen LogP contribution in [0.2, 0.25) is 5.02 Å². The summed E-state index contributed by atoms with van der Waals surface area (Å²) in [6.45, 7) is 0.191. The van der Waals surface area contributed by atoms with Crippen molar-refractivity contribution in [2.24, 2.45) is 0 Å². The van der Waals surface area contributed by atoms with E-state index < -0.39 is 0 Å². The first-order chi connectivity index (χ1) is 15.0. The van der Waals surface area contributed by atoms with Gasteiger partial charge in [-0.2, -0.15) is 5.26 Å². The van der Waals surface area contributed by atoms with Crippen LogP contribution in [0.1, 0.15) is 11.3 Å². The van der Waals surface area contributed by atoms with Crippen LogP contribution >= 0.6 is 23.4 Å². The van der Waals surface area contributed by atoms with Gasteiger partial charge < -0.3 is 9.73 Å². The molecule has 0 spiro atoms. The van der Waals surface area contributed by atoms with Crippen LogP contribution in [-0.4, -0.2) is 21.2 Å². The van der Waals surface area contributed by atoms with Gasteiger partial charge in [0, 0.05) is 10.7 Å². The fourth-order valence-electron chi connectivity index (χ4n) is 2.94. The van der Waals surface area contributed by atoms with E-state index >= 15 is 0 Å². The van der Waals surface area contributed by atoms with Gasteiger partial charge in [-0.05, 0) is 54.6 Å². The number of fused-ring (bicyclic) bond motifs is 1. The van der Waals surface area contributed by atoms with E-state index in [9.17, 15) is 9.59 Å². The third-order valence-corrected chi connectivity index (χ3v) is 5.62. The molecule has 0 saturated carbocycles. The molecule has 4 aromatic rings. The van der Waals surface area contributed by atoms with Gasteiger partial charge in [0.1, 0.15) is 5.76 Å². The number of nitrogens with one attached hydrogen (secondary N) is 1. The summed E-state index contributed by atoms with van der Waals surface area (Å²) in [6, 6.07) is 17.0. The number of hydrogen-bond donors (Lipinski definition) is 1. The lowest BCUT2D eigenvalue weighted by Gasteiger charge is -2.12. The highest BCUT2D eigenvalue weighted by molar-refractivity contribution is 7.99. The Morgan fingerprint density at radius 1 is 1.23 bits per heavy atom. The summed E-state index contributed by atoms with van der Waals surface area (Å²) in [6.07, 6.45) is 1.53. The molecule has 0 unspecified atom stereocenters. The highest BCUT2D eigenvalue weighted by Crippen LogP contribution is 2.22. The van der Waals surface area contributed by atoms with E-state index in [0.29, 0.717) is 38.1 Å². The van der Waals surface area contributed by atoms with E-state index in [1.807, 2.05) is 6.07 Å². The largest absolute Gasteiger partial charge is 0.467 e. The molecule has 2 heterocycles. The average molecular weight is 451 g/mol. The molecular weight excluding hydrogens is 436 g/mol. The average Bonchev–Trinajstić information content (AvgIpc) is 3.28. The lowest BCUT2D eigenvalue weighted by Crippen LogP contribution is -2.24. The summed E-state index contributed by atoms with van der Waals surface area (Å²) in [4.78, 5) is 30.1. The Labute approximate surface area is 186 Å². The highest BCUT2D eigenvalue weighted by atomic mass is 35.5. The van der Waals surface area contributed by atoms with Crippen molar-refractivity contribution in [3.8, 4) is 6.07 Å². The molecule has 4 rings (SSSR count). The van der Waals surface area contributed by atoms with Crippen molar-refractivity contribution in [1.29, 1.82) is 5.26 Å². The fraction of sp³-hybridized carbons (Fsp3) is 0.0909. The molecule has 0 aliphatic rings. The lowest BCUT2D eigenvalue weighted by atomic mass is 10.2. The van der Waals surface area contributed by atoms with Gasteiger partial charge in [0.05, 0.1) is 41.1 Å². The van der Waals surface area contributed by atoms with E-state index in [-0.39, 0.29) is 23.8 Å². The molecule has 2 aromatic carbocycles. The third kappa shape index (κ3) is 4.79. The van der Waals surface area contributed by atoms with Gasteiger partial charge in [-0.25, -0.2) is 4.98 Å². The van der Waals surface area contributed by atoms with Crippen molar-refractivity contribution in [2.45, 2.75) is 11.7 Å². The van der Waals surface area contributed by atoms with Crippen molar-refractivity contribution >= 4 is 45.9 Å². The molecule has 0 aliphatic carbocycles. The van der Waals surface area contributed by atoms with Gasteiger partial charge in [0.2, 0.25) is 5.91 Å². The van der Waals surface area contributed by atoms with Crippen LogP contribution in [0.3, 0.4) is 0 Å². The Morgan fingerprint density at radius 2 is 2.03 bits per heavy atom. The van der Waals surface area contributed by atoms with E-state index in [2.05, 4.69) is 10.3 Å². The number of rotatable bonds is 6. The molecule has 31 heavy (non-hydrogen) atoms. The summed E-state index contributed by atoms with van der Waals surface area (Å²) >= 11 is 7.20. The van der Waals surface area contributed by atoms with Crippen LogP contribution in [0.15, 0.2) is 75.2 Å². The van der Waals surface area contributed by atoms with E-state index in [4.69, 9.17) is 21.3 Å². The van der Waals surface area contributed by atoms with Gasteiger partial charge >= 0.3 is 0 Å². The standard InChI is InChI=1S/C22H15ClN4O3S/c23-15-5-8-18-19(10-15)26-22(27(21(18)29)12-17-2-1-9-30-17)31-13-20(28)25-16-6-3-14(11-24)4-7-16/h1-10H,12-13H2,(H,25,28). The zero-order valence-corrected chi connectivity index (χ0v) is 17.6. The molecule has 0 fully saturated rings. The van der Waals surface area contributed by atoms with Crippen molar-refractivity contribution in [2.75, 3.05) is 11.1 Å². The first kappa shape index (κ1) is 20.7. The Hall–Kier alpha value is -3.54. The minimum atomic E-state index is -0.264. The number of carbonyl (C=O) groups excluding carboxylic acids is 1. The molecule has 2 aromatic heterocycles. The molecule has 9 heteroatoms. The van der Waals surface area contributed by atoms with E-state index in [0.717, 1.165) is 11.8 Å². The number of furan rings is 1. The lowest BCUT2D eigenvalue weighted by molar-refractivity contribution is -0.113. The number of benzene rings is 2. The fourth-order valence-corrected chi connectivity index (χ4v) is 3.90. The molecule has 1 amide bonds. The van der Waals surface area contributed by atoms with Crippen LogP contribution in [0.5, 0.6) is 0 Å². The number of anilines is 1. The van der Waals surface area contributed by atoms with Crippen molar-refractivity contribution in [3.63, 3.8) is 0 Å². The van der Waals surface area contributed by atoms with Gasteiger partial charge in [0.25, 0.3) is 5.56 Å². The monoisotopic (exact) mass is 450 g/mol. The SMILES string of the molecule is N#Cc1ccc(NC(=O)CSc2nc3cc(Cl)ccc3c(=O)n2Cc2ccco2)cc1. The molecule has 0 radical (unpaired) electrons. The number of nitrogens with zero attached hydrogens (tertiary/aromatic N) is 3. The van der Waals surface area contributed by atoms with Crippen molar-refractivity contribution < 1.29 is 9.21 Å². The Morgan fingerprint density at radius 3 is 2.74 bits per heavy atom. The summed E-state index contributed by atoms with van der Waals surface area (Å²) in [7, 11) is 0. The molecule has 0 atom stereocenters. The quantitative estimate of drug-likeness (QED) is 0.347. The Kier molecular flexibility index (Phi) is 6.07. The molecule has 0 bridgehead atoms. The van der Waals surface area contributed by atoms with Gasteiger partial charge in [-0.1, -0.05) is 23.4 Å². The highest BCUT2D eigenvalue weighted by Gasteiger charge is 2.15. The van der Waals surface area contributed by atoms with Gasteiger partial charge in [0.15, 0.2) is 5.16 Å². The molecule has 1 N–H and O–H groups in total. The van der Waals surface area contributed by atoms with Crippen LogP contribution in [0.25, 0.3) is 10.9 Å². The van der Waals surface area contributed by atoms with Crippen LogP contribution < -0.4 is 10.9 Å². The number of hydrogen-bond acceptors (Lipinski definition) is 6.